The minimum atomic E-state index is 0.294. The molecule has 0 unspecified atom stereocenters. The first-order valence-corrected chi connectivity index (χ1v) is 15.0. The van der Waals surface area contributed by atoms with Crippen LogP contribution in [-0.2, 0) is 9.59 Å². The van der Waals surface area contributed by atoms with Crippen molar-refractivity contribution in [2.75, 3.05) is 7.05 Å². The van der Waals surface area contributed by atoms with Crippen LogP contribution in [0.1, 0.15) is 130 Å². The summed E-state index contributed by atoms with van der Waals surface area (Å²) in [5.41, 5.74) is 5.44. The highest BCUT2D eigenvalue weighted by molar-refractivity contribution is 5.93. The Hall–Kier alpha value is -1.38. The number of unbranched alkanes of at least 4 members (excludes halogenated alkanes) is 6. The molecule has 0 saturated heterocycles. The molecule has 0 aromatic rings. The fraction of sp³-hybridized carbons (Fsp3) is 0.812. The van der Waals surface area contributed by atoms with Crippen molar-refractivity contribution in [2.45, 2.75) is 136 Å². The Morgan fingerprint density at radius 3 is 2.49 bits per heavy atom. The van der Waals surface area contributed by atoms with Gasteiger partial charge in [0.25, 0.3) is 0 Å². The zero-order valence-corrected chi connectivity index (χ0v) is 23.2. The van der Waals surface area contributed by atoms with Gasteiger partial charge in [0.15, 0.2) is 5.78 Å². The maximum atomic E-state index is 12.1. The summed E-state index contributed by atoms with van der Waals surface area (Å²) in [6, 6.07) is 0.303. The topological polar surface area (TPSA) is 37.4 Å². The number of ketones is 1. The van der Waals surface area contributed by atoms with Gasteiger partial charge in [0, 0.05) is 25.9 Å². The molecule has 2 saturated carbocycles. The van der Waals surface area contributed by atoms with Crippen LogP contribution in [-0.4, -0.2) is 29.7 Å². The quantitative estimate of drug-likeness (QED) is 0.279. The first-order valence-electron chi connectivity index (χ1n) is 15.0. The third-order valence-electron chi connectivity index (χ3n) is 10.2. The van der Waals surface area contributed by atoms with Crippen molar-refractivity contribution >= 4 is 11.7 Å². The van der Waals surface area contributed by atoms with Crippen LogP contribution >= 0.6 is 0 Å². The van der Waals surface area contributed by atoms with Crippen LogP contribution in [0.25, 0.3) is 0 Å². The molecule has 0 bridgehead atoms. The number of nitrogens with zero attached hydrogens (tertiary/aromatic N) is 1. The van der Waals surface area contributed by atoms with E-state index < -0.39 is 0 Å². The molecule has 0 aliphatic heterocycles. The minimum Gasteiger partial charge on any atom is -0.343 e. The summed E-state index contributed by atoms with van der Waals surface area (Å²) < 4.78 is 0. The summed E-state index contributed by atoms with van der Waals surface area (Å²) in [5, 5.41) is 0. The van der Waals surface area contributed by atoms with Gasteiger partial charge in [-0.05, 0) is 106 Å². The number of carbonyl (C=O) groups is 2. The van der Waals surface area contributed by atoms with Crippen LogP contribution in [0.2, 0.25) is 0 Å². The Kier molecular flexibility index (Phi) is 8.98. The number of carbonyl (C=O) groups excluding carboxylic acids is 2. The van der Waals surface area contributed by atoms with E-state index in [0.29, 0.717) is 29.6 Å². The largest absolute Gasteiger partial charge is 0.343 e. The Labute approximate surface area is 215 Å². The van der Waals surface area contributed by atoms with E-state index in [-0.39, 0.29) is 0 Å². The molecule has 1 amide bonds. The molecule has 2 fully saturated rings. The van der Waals surface area contributed by atoms with Crippen molar-refractivity contribution in [3.8, 4) is 0 Å². The molecule has 0 aromatic carbocycles. The molecule has 3 nitrogen and oxygen atoms in total. The molecule has 4 rings (SSSR count). The Bertz CT molecular complexity index is 837. The van der Waals surface area contributed by atoms with Gasteiger partial charge in [-0.25, -0.2) is 0 Å². The lowest BCUT2D eigenvalue weighted by atomic mass is 9.54. The van der Waals surface area contributed by atoms with Crippen LogP contribution in [0.4, 0.5) is 0 Å². The van der Waals surface area contributed by atoms with Gasteiger partial charge in [-0.2, -0.15) is 0 Å². The fourth-order valence-electron chi connectivity index (χ4n) is 8.12. The average Bonchev–Trinajstić information content (AvgIpc) is 3.22. The molecule has 4 aliphatic carbocycles. The Morgan fingerprint density at radius 2 is 1.74 bits per heavy atom. The lowest BCUT2D eigenvalue weighted by Gasteiger charge is -2.51. The van der Waals surface area contributed by atoms with Gasteiger partial charge in [0.2, 0.25) is 5.91 Å². The molecule has 0 radical (unpaired) electrons. The van der Waals surface area contributed by atoms with E-state index in [9.17, 15) is 9.59 Å². The van der Waals surface area contributed by atoms with Gasteiger partial charge in [0.05, 0.1) is 0 Å². The number of allylic oxidation sites excluding steroid dienone is 4. The maximum absolute atomic E-state index is 12.1. The number of hydrogen-bond acceptors (Lipinski definition) is 2. The normalized spacial score (nSPS) is 30.1. The number of fused-ring (bicyclic) bond motifs is 4. The summed E-state index contributed by atoms with van der Waals surface area (Å²) >= 11 is 0. The van der Waals surface area contributed by atoms with E-state index in [1.165, 1.54) is 82.6 Å². The van der Waals surface area contributed by atoms with Crippen molar-refractivity contribution in [2.24, 2.45) is 23.2 Å². The number of rotatable bonds is 11. The van der Waals surface area contributed by atoms with E-state index in [1.54, 1.807) is 5.57 Å². The zero-order valence-electron chi connectivity index (χ0n) is 23.2. The van der Waals surface area contributed by atoms with Crippen LogP contribution < -0.4 is 0 Å². The molecule has 0 heterocycles. The van der Waals surface area contributed by atoms with Gasteiger partial charge in [-0.1, -0.05) is 57.4 Å². The predicted octanol–water partition coefficient (Wildman–Crippen LogP) is 8.19. The van der Waals surface area contributed by atoms with Gasteiger partial charge in [-0.3, -0.25) is 9.59 Å². The average molecular weight is 482 g/mol. The molecule has 0 N–H and O–H groups in total. The number of hydrogen-bond donors (Lipinski definition) is 0. The second-order valence-corrected chi connectivity index (χ2v) is 12.9. The lowest BCUT2D eigenvalue weighted by Crippen LogP contribution is -2.41. The number of amides is 1. The fourth-order valence-corrected chi connectivity index (χ4v) is 8.12. The Morgan fingerprint density at radius 1 is 1.03 bits per heavy atom. The van der Waals surface area contributed by atoms with Crippen molar-refractivity contribution in [3.05, 3.63) is 22.8 Å². The summed E-state index contributed by atoms with van der Waals surface area (Å²) in [7, 11) is 1.92. The van der Waals surface area contributed by atoms with E-state index in [0.717, 1.165) is 43.4 Å². The third-order valence-corrected chi connectivity index (χ3v) is 10.2. The first kappa shape index (κ1) is 26.7. The highest BCUT2D eigenvalue weighted by Crippen LogP contribution is 2.62. The molecular formula is C32H51NO2. The standard InChI is InChI=1S/C32H51NO2/c1-23(2)33(4)30(35)15-11-9-7-5-6-8-10-13-25-22-32(3)20-12-14-29(32)28-18-16-24-21-26(34)17-19-27(24)31(25)28/h21,23,25,28-29H,5-20,22H2,1-4H3/t25-,28-,29-,32-/m0/s1. The first-order chi connectivity index (χ1) is 16.8. The van der Waals surface area contributed by atoms with Gasteiger partial charge < -0.3 is 4.90 Å². The summed E-state index contributed by atoms with van der Waals surface area (Å²) in [6.07, 6.45) is 22.8. The molecule has 35 heavy (non-hydrogen) atoms. The Balaban J connectivity index is 1.24. The highest BCUT2D eigenvalue weighted by atomic mass is 16.2. The van der Waals surface area contributed by atoms with E-state index in [1.807, 2.05) is 23.6 Å². The summed E-state index contributed by atoms with van der Waals surface area (Å²) in [4.78, 5) is 26.1. The molecule has 0 aromatic heterocycles. The van der Waals surface area contributed by atoms with Crippen LogP contribution in [0.15, 0.2) is 22.8 Å². The monoisotopic (exact) mass is 481 g/mol. The molecule has 196 valence electrons. The molecule has 4 atom stereocenters. The van der Waals surface area contributed by atoms with Crippen LogP contribution in [0.3, 0.4) is 0 Å². The molecule has 4 aliphatic rings. The van der Waals surface area contributed by atoms with Gasteiger partial charge >= 0.3 is 0 Å². The van der Waals surface area contributed by atoms with Gasteiger partial charge in [0.1, 0.15) is 0 Å². The molecular weight excluding hydrogens is 430 g/mol. The van der Waals surface area contributed by atoms with Crippen molar-refractivity contribution in [1.82, 2.24) is 4.90 Å². The second kappa shape index (κ2) is 11.8. The zero-order chi connectivity index (χ0) is 25.0. The smallest absolute Gasteiger partial charge is 0.222 e. The molecule has 0 spiro atoms. The van der Waals surface area contributed by atoms with Crippen molar-refractivity contribution < 1.29 is 9.59 Å². The SMILES string of the molecule is CC(C)N(C)C(=O)CCCCCCCCC[C@H]1C[C@]2(C)CCC[C@H]2[C@@H]2CCC3=CC(=O)CCC3=C12. The van der Waals surface area contributed by atoms with E-state index in [2.05, 4.69) is 20.8 Å². The third kappa shape index (κ3) is 6.13. The maximum Gasteiger partial charge on any atom is 0.222 e. The van der Waals surface area contributed by atoms with E-state index >= 15 is 0 Å². The van der Waals surface area contributed by atoms with Gasteiger partial charge in [-0.15, -0.1) is 0 Å². The van der Waals surface area contributed by atoms with Crippen molar-refractivity contribution in [3.63, 3.8) is 0 Å². The van der Waals surface area contributed by atoms with E-state index in [4.69, 9.17) is 0 Å². The summed E-state index contributed by atoms with van der Waals surface area (Å²) in [5.74, 6) is 3.11. The lowest BCUT2D eigenvalue weighted by molar-refractivity contribution is -0.131. The molecule has 3 heteroatoms. The van der Waals surface area contributed by atoms with Crippen LogP contribution in [0, 0.1) is 23.2 Å². The minimum absolute atomic E-state index is 0.294. The second-order valence-electron chi connectivity index (χ2n) is 12.9. The predicted molar refractivity (Wildman–Crippen MR) is 145 cm³/mol. The van der Waals surface area contributed by atoms with Crippen LogP contribution in [0.5, 0.6) is 0 Å². The summed E-state index contributed by atoms with van der Waals surface area (Å²) in [6.45, 7) is 6.77. The van der Waals surface area contributed by atoms with Crippen molar-refractivity contribution in [1.29, 1.82) is 0 Å². The highest BCUT2D eigenvalue weighted by Gasteiger charge is 2.51.